The van der Waals surface area contributed by atoms with Crippen molar-refractivity contribution in [3.63, 3.8) is 0 Å². The van der Waals surface area contributed by atoms with Gasteiger partial charge < -0.3 is 14.2 Å². The van der Waals surface area contributed by atoms with Crippen molar-refractivity contribution in [2.75, 3.05) is 0 Å². The van der Waals surface area contributed by atoms with E-state index in [1.165, 1.54) is 32.1 Å². The summed E-state index contributed by atoms with van der Waals surface area (Å²) >= 11 is 0. The standard InChI is InChI=1S/C30H48O4/c1-18(2)19(3)8-9-20(4)23-10-11-24-26(23,6)17-25-30(33-25)27(7)13-12-22(32-21(5)31)16-28(27)14-15-29(24,30)34-28/h18-20,22-25H,8-17H2,1-7H3/t19-,20+,22-,23-,24-,25-,26-,27-,28-,29-,30+/m0/s1. The number of esters is 1. The first-order valence-electron chi connectivity index (χ1n) is 14.5. The number of carbonyl (C=O) groups excluding carboxylic acids is 1. The van der Waals surface area contributed by atoms with Crippen molar-refractivity contribution in [2.24, 2.45) is 40.4 Å². The van der Waals surface area contributed by atoms with Gasteiger partial charge in [0.05, 0.1) is 11.7 Å². The Labute approximate surface area is 207 Å². The van der Waals surface area contributed by atoms with Crippen LogP contribution in [-0.4, -0.2) is 35.0 Å². The second-order valence-corrected chi connectivity index (χ2v) is 14.4. The normalized spacial score (nSPS) is 54.1. The van der Waals surface area contributed by atoms with Crippen molar-refractivity contribution in [1.29, 1.82) is 0 Å². The first-order valence-corrected chi connectivity index (χ1v) is 14.5. The second kappa shape index (κ2) is 7.24. The molecule has 3 aliphatic heterocycles. The van der Waals surface area contributed by atoms with Crippen LogP contribution in [0.4, 0.5) is 0 Å². The highest BCUT2D eigenvalue weighted by Crippen LogP contribution is 2.85. The fourth-order valence-corrected chi connectivity index (χ4v) is 10.8. The predicted octanol–water partition coefficient (Wildman–Crippen LogP) is 6.69. The molecule has 0 radical (unpaired) electrons. The SMILES string of the molecule is CC(=O)O[C@H]1CC[C@@]2(C)[C@]3(CC[C@]4(O3)[C@H]3CC[C@@H]([C@H](C)CC[C@H](C)C(C)C)[C@]3(C)C[C@@H]3O[C@]324)C1. The Balaban J connectivity index is 1.28. The van der Waals surface area contributed by atoms with Gasteiger partial charge in [0.2, 0.25) is 0 Å². The van der Waals surface area contributed by atoms with E-state index in [1.54, 1.807) is 6.92 Å². The van der Waals surface area contributed by atoms with Crippen LogP contribution in [0.3, 0.4) is 0 Å². The summed E-state index contributed by atoms with van der Waals surface area (Å²) in [6.45, 7) is 16.3. The van der Waals surface area contributed by atoms with E-state index in [1.807, 2.05) is 0 Å². The molecule has 6 aliphatic rings. The lowest BCUT2D eigenvalue weighted by Gasteiger charge is -2.56. The highest BCUT2D eigenvalue weighted by atomic mass is 16.7. The molecular formula is C30H48O4. The molecule has 4 heteroatoms. The van der Waals surface area contributed by atoms with Crippen molar-refractivity contribution in [3.05, 3.63) is 0 Å². The minimum absolute atomic E-state index is 0.000146. The monoisotopic (exact) mass is 472 g/mol. The summed E-state index contributed by atoms with van der Waals surface area (Å²) in [6, 6.07) is 0. The van der Waals surface area contributed by atoms with E-state index in [0.29, 0.717) is 17.4 Å². The maximum atomic E-state index is 11.7. The van der Waals surface area contributed by atoms with Crippen LogP contribution in [0.15, 0.2) is 0 Å². The van der Waals surface area contributed by atoms with Crippen LogP contribution < -0.4 is 0 Å². The number of hydrogen-bond acceptors (Lipinski definition) is 4. The van der Waals surface area contributed by atoms with Crippen LogP contribution in [0, 0.1) is 40.4 Å². The molecule has 3 spiro atoms. The summed E-state index contributed by atoms with van der Waals surface area (Å²) < 4.78 is 20.1. The fourth-order valence-electron chi connectivity index (χ4n) is 10.8. The van der Waals surface area contributed by atoms with Crippen LogP contribution in [0.25, 0.3) is 0 Å². The molecule has 6 fully saturated rings. The summed E-state index contributed by atoms with van der Waals surface area (Å²) in [6.07, 6.45) is 12.0. The number of carbonyl (C=O) groups is 1. The second-order valence-electron chi connectivity index (χ2n) is 14.4. The van der Waals surface area contributed by atoms with Gasteiger partial charge in [-0.25, -0.2) is 0 Å². The molecule has 0 aromatic rings. The van der Waals surface area contributed by atoms with Crippen LogP contribution in [0.5, 0.6) is 0 Å². The Kier molecular flexibility index (Phi) is 5.06. The third-order valence-electron chi connectivity index (χ3n) is 12.8. The third kappa shape index (κ3) is 2.66. The molecular weight excluding hydrogens is 424 g/mol. The Bertz CT molecular complexity index is 870. The van der Waals surface area contributed by atoms with E-state index < -0.39 is 0 Å². The molecule has 3 aliphatic carbocycles. The highest BCUT2D eigenvalue weighted by Gasteiger charge is 2.94. The molecule has 0 amide bonds. The lowest BCUT2D eigenvalue weighted by molar-refractivity contribution is -0.168. The molecule has 11 atom stereocenters. The minimum Gasteiger partial charge on any atom is -0.462 e. The van der Waals surface area contributed by atoms with Crippen LogP contribution >= 0.6 is 0 Å². The average molecular weight is 473 g/mol. The van der Waals surface area contributed by atoms with Gasteiger partial charge in [-0.05, 0) is 80.0 Å². The molecule has 0 aromatic carbocycles. The van der Waals surface area contributed by atoms with E-state index in [4.69, 9.17) is 14.2 Å². The van der Waals surface area contributed by atoms with Crippen molar-refractivity contribution in [3.8, 4) is 0 Å². The highest BCUT2D eigenvalue weighted by molar-refractivity contribution is 5.66. The van der Waals surface area contributed by atoms with E-state index >= 15 is 0 Å². The fraction of sp³-hybridized carbons (Fsp3) is 0.967. The smallest absolute Gasteiger partial charge is 0.302 e. The lowest BCUT2D eigenvalue weighted by atomic mass is 9.44. The van der Waals surface area contributed by atoms with Gasteiger partial charge in [-0.2, -0.15) is 0 Å². The molecule has 4 nitrogen and oxygen atoms in total. The summed E-state index contributed by atoms with van der Waals surface area (Å²) in [5.41, 5.74) is -0.0208. The molecule has 3 saturated carbocycles. The van der Waals surface area contributed by atoms with E-state index in [0.717, 1.165) is 55.8 Å². The van der Waals surface area contributed by atoms with Gasteiger partial charge in [0.15, 0.2) is 0 Å². The molecule has 0 aromatic heterocycles. The topological polar surface area (TPSA) is 48.1 Å². The molecule has 3 saturated heterocycles. The lowest BCUT2D eigenvalue weighted by Crippen LogP contribution is -2.65. The molecule has 192 valence electrons. The summed E-state index contributed by atoms with van der Waals surface area (Å²) in [5, 5.41) is 0. The van der Waals surface area contributed by atoms with Gasteiger partial charge in [-0.1, -0.05) is 54.4 Å². The number of rotatable bonds is 6. The molecule has 6 rings (SSSR count). The number of fused-ring (bicyclic) bond motifs is 1. The maximum Gasteiger partial charge on any atom is 0.302 e. The Morgan fingerprint density at radius 3 is 2.47 bits per heavy atom. The van der Waals surface area contributed by atoms with Crippen molar-refractivity contribution in [2.45, 2.75) is 142 Å². The predicted molar refractivity (Wildman–Crippen MR) is 132 cm³/mol. The van der Waals surface area contributed by atoms with Gasteiger partial charge >= 0.3 is 5.97 Å². The van der Waals surface area contributed by atoms with E-state index in [2.05, 4.69) is 41.5 Å². The van der Waals surface area contributed by atoms with E-state index in [-0.39, 0.29) is 34.3 Å². The largest absolute Gasteiger partial charge is 0.462 e. The van der Waals surface area contributed by atoms with Gasteiger partial charge in [0.1, 0.15) is 17.3 Å². The minimum atomic E-state index is -0.179. The Morgan fingerprint density at radius 2 is 1.76 bits per heavy atom. The summed E-state index contributed by atoms with van der Waals surface area (Å²) in [7, 11) is 0. The Morgan fingerprint density at radius 1 is 1.00 bits per heavy atom. The van der Waals surface area contributed by atoms with Gasteiger partial charge in [0.25, 0.3) is 0 Å². The molecule has 0 unspecified atom stereocenters. The number of epoxide rings is 1. The molecule has 34 heavy (non-hydrogen) atoms. The zero-order valence-corrected chi connectivity index (χ0v) is 22.7. The summed E-state index contributed by atoms with van der Waals surface area (Å²) in [5.74, 6) is 3.56. The van der Waals surface area contributed by atoms with Crippen LogP contribution in [0.1, 0.15) is 113 Å². The van der Waals surface area contributed by atoms with Gasteiger partial charge in [-0.15, -0.1) is 0 Å². The number of ether oxygens (including phenoxy) is 3. The first kappa shape index (κ1) is 23.8. The zero-order valence-electron chi connectivity index (χ0n) is 22.7. The van der Waals surface area contributed by atoms with Gasteiger partial charge in [-0.3, -0.25) is 4.79 Å². The van der Waals surface area contributed by atoms with Crippen LogP contribution in [0.2, 0.25) is 0 Å². The molecule has 2 bridgehead atoms. The van der Waals surface area contributed by atoms with Crippen LogP contribution in [-0.2, 0) is 19.0 Å². The number of hydrogen-bond donors (Lipinski definition) is 0. The molecule has 3 heterocycles. The Hall–Kier alpha value is -0.610. The van der Waals surface area contributed by atoms with Crippen molar-refractivity contribution >= 4 is 5.97 Å². The molecule has 0 N–H and O–H groups in total. The maximum absolute atomic E-state index is 11.7. The first-order chi connectivity index (χ1) is 15.9. The summed E-state index contributed by atoms with van der Waals surface area (Å²) in [4.78, 5) is 11.7. The van der Waals surface area contributed by atoms with Crippen molar-refractivity contribution < 1.29 is 19.0 Å². The quantitative estimate of drug-likeness (QED) is 0.319. The third-order valence-corrected chi connectivity index (χ3v) is 12.8. The average Bonchev–Trinajstić information content (AvgIpc) is 3.12. The van der Waals surface area contributed by atoms with Gasteiger partial charge in [0, 0.05) is 18.8 Å². The zero-order chi connectivity index (χ0) is 24.3. The van der Waals surface area contributed by atoms with Crippen molar-refractivity contribution in [1.82, 2.24) is 0 Å². The van der Waals surface area contributed by atoms with E-state index in [9.17, 15) is 4.79 Å².